The first kappa shape index (κ1) is 10.8. The number of nitrogens with zero attached hydrogens (tertiary/aromatic N) is 2. The molecule has 0 atom stereocenters. The minimum atomic E-state index is 0.986. The van der Waals surface area contributed by atoms with Crippen LogP contribution in [0.5, 0.6) is 0 Å². The lowest BCUT2D eigenvalue weighted by atomic mass is 10.0. The zero-order valence-electron chi connectivity index (χ0n) is 9.56. The highest BCUT2D eigenvalue weighted by molar-refractivity contribution is 5.21. The molecule has 0 radical (unpaired) electrons. The molecule has 0 N–H and O–H groups in total. The predicted octanol–water partition coefficient (Wildman–Crippen LogP) is 2.82. The van der Waals surface area contributed by atoms with Crippen LogP contribution in [0.2, 0.25) is 0 Å². The van der Waals surface area contributed by atoms with Crippen LogP contribution in [0.25, 0.3) is 0 Å². The highest BCUT2D eigenvalue weighted by Crippen LogP contribution is 2.09. The van der Waals surface area contributed by atoms with Crippen molar-refractivity contribution in [3.63, 3.8) is 0 Å². The van der Waals surface area contributed by atoms with E-state index in [2.05, 4.69) is 29.0 Å². The van der Waals surface area contributed by atoms with Gasteiger partial charge in [-0.15, -0.1) is 0 Å². The summed E-state index contributed by atoms with van der Waals surface area (Å²) in [6.07, 6.45) is 6.72. The third-order valence-corrected chi connectivity index (χ3v) is 2.70. The fourth-order valence-electron chi connectivity index (χ4n) is 1.83. The number of rotatable bonds is 4. The van der Waals surface area contributed by atoms with E-state index in [1.54, 1.807) is 0 Å². The predicted molar refractivity (Wildman–Crippen MR) is 65.3 cm³/mol. The van der Waals surface area contributed by atoms with Gasteiger partial charge < -0.3 is 0 Å². The monoisotopic (exact) mass is 212 g/mol. The maximum atomic E-state index is 4.39. The molecular weight excluding hydrogens is 196 g/mol. The SMILES string of the molecule is CCc1ncccc1CCc1ccccn1. The highest BCUT2D eigenvalue weighted by atomic mass is 14.7. The van der Waals surface area contributed by atoms with Gasteiger partial charge in [0.1, 0.15) is 0 Å². The van der Waals surface area contributed by atoms with Gasteiger partial charge in [0.2, 0.25) is 0 Å². The molecule has 2 aromatic heterocycles. The highest BCUT2D eigenvalue weighted by Gasteiger charge is 2.01. The molecule has 0 bridgehead atoms. The summed E-state index contributed by atoms with van der Waals surface area (Å²) < 4.78 is 0. The van der Waals surface area contributed by atoms with Crippen molar-refractivity contribution < 1.29 is 0 Å². The average Bonchev–Trinajstić information content (AvgIpc) is 2.38. The van der Waals surface area contributed by atoms with E-state index >= 15 is 0 Å². The van der Waals surface area contributed by atoms with Crippen molar-refractivity contribution in [2.75, 3.05) is 0 Å². The third kappa shape index (κ3) is 2.66. The summed E-state index contributed by atoms with van der Waals surface area (Å²) in [6, 6.07) is 10.2. The number of hydrogen-bond donors (Lipinski definition) is 0. The Morgan fingerprint density at radius 2 is 1.81 bits per heavy atom. The van der Waals surface area contributed by atoms with Crippen LogP contribution in [-0.2, 0) is 19.3 Å². The van der Waals surface area contributed by atoms with Gasteiger partial charge in [0.05, 0.1) is 0 Å². The van der Waals surface area contributed by atoms with Gasteiger partial charge in [0.15, 0.2) is 0 Å². The van der Waals surface area contributed by atoms with E-state index in [0.717, 1.165) is 25.0 Å². The Morgan fingerprint density at radius 1 is 0.938 bits per heavy atom. The van der Waals surface area contributed by atoms with Crippen molar-refractivity contribution in [3.8, 4) is 0 Å². The Kier molecular flexibility index (Phi) is 3.65. The number of aromatic nitrogens is 2. The summed E-state index contributed by atoms with van der Waals surface area (Å²) in [4.78, 5) is 8.72. The minimum Gasteiger partial charge on any atom is -0.261 e. The summed E-state index contributed by atoms with van der Waals surface area (Å²) in [5.41, 5.74) is 3.70. The maximum absolute atomic E-state index is 4.39. The van der Waals surface area contributed by atoms with Gasteiger partial charge in [0, 0.05) is 23.8 Å². The Balaban J connectivity index is 2.05. The van der Waals surface area contributed by atoms with Crippen LogP contribution in [-0.4, -0.2) is 9.97 Å². The molecule has 2 heterocycles. The Labute approximate surface area is 96.4 Å². The largest absolute Gasteiger partial charge is 0.261 e. The van der Waals surface area contributed by atoms with Crippen LogP contribution in [0.1, 0.15) is 23.9 Å². The van der Waals surface area contributed by atoms with Gasteiger partial charge in [-0.2, -0.15) is 0 Å². The fourth-order valence-corrected chi connectivity index (χ4v) is 1.83. The molecule has 2 nitrogen and oxygen atoms in total. The number of aryl methyl sites for hydroxylation is 3. The summed E-state index contributed by atoms with van der Waals surface area (Å²) in [7, 11) is 0. The van der Waals surface area contributed by atoms with Crippen LogP contribution in [0.15, 0.2) is 42.7 Å². The minimum absolute atomic E-state index is 0.986. The average molecular weight is 212 g/mol. The molecule has 0 amide bonds. The molecule has 0 aliphatic carbocycles. The topological polar surface area (TPSA) is 25.8 Å². The van der Waals surface area contributed by atoms with E-state index in [-0.39, 0.29) is 0 Å². The van der Waals surface area contributed by atoms with Gasteiger partial charge in [-0.1, -0.05) is 19.1 Å². The first-order valence-electron chi connectivity index (χ1n) is 5.73. The van der Waals surface area contributed by atoms with Crippen LogP contribution in [0.3, 0.4) is 0 Å². The standard InChI is InChI=1S/C14H16N2/c1-2-14-12(6-5-11-16-14)8-9-13-7-3-4-10-15-13/h3-7,10-11H,2,8-9H2,1H3. The Morgan fingerprint density at radius 3 is 2.56 bits per heavy atom. The Hall–Kier alpha value is -1.70. The van der Waals surface area contributed by atoms with Gasteiger partial charge >= 0.3 is 0 Å². The van der Waals surface area contributed by atoms with Gasteiger partial charge in [0.25, 0.3) is 0 Å². The molecule has 2 aromatic rings. The van der Waals surface area contributed by atoms with Crippen molar-refractivity contribution in [2.24, 2.45) is 0 Å². The molecule has 0 unspecified atom stereocenters. The van der Waals surface area contributed by atoms with Crippen molar-refractivity contribution in [1.29, 1.82) is 0 Å². The molecule has 2 rings (SSSR count). The molecule has 0 aliphatic rings. The fraction of sp³-hybridized carbons (Fsp3) is 0.286. The first-order chi connectivity index (χ1) is 7.90. The van der Waals surface area contributed by atoms with Crippen LogP contribution < -0.4 is 0 Å². The smallest absolute Gasteiger partial charge is 0.0432 e. The lowest BCUT2D eigenvalue weighted by Crippen LogP contribution is -1.99. The Bertz CT molecular complexity index is 437. The molecule has 0 saturated heterocycles. The van der Waals surface area contributed by atoms with E-state index in [1.165, 1.54) is 11.3 Å². The summed E-state index contributed by atoms with van der Waals surface area (Å²) >= 11 is 0. The van der Waals surface area contributed by atoms with Crippen LogP contribution >= 0.6 is 0 Å². The number of pyridine rings is 2. The lowest BCUT2D eigenvalue weighted by Gasteiger charge is -2.05. The molecule has 2 heteroatoms. The third-order valence-electron chi connectivity index (χ3n) is 2.70. The second-order valence-corrected chi connectivity index (χ2v) is 3.78. The van der Waals surface area contributed by atoms with E-state index in [0.29, 0.717) is 0 Å². The lowest BCUT2D eigenvalue weighted by molar-refractivity contribution is 0.874. The first-order valence-corrected chi connectivity index (χ1v) is 5.73. The van der Waals surface area contributed by atoms with E-state index < -0.39 is 0 Å². The normalized spacial score (nSPS) is 10.3. The quantitative estimate of drug-likeness (QED) is 0.778. The van der Waals surface area contributed by atoms with Crippen molar-refractivity contribution in [1.82, 2.24) is 9.97 Å². The molecular formula is C14H16N2. The molecule has 82 valence electrons. The second kappa shape index (κ2) is 5.40. The summed E-state index contributed by atoms with van der Waals surface area (Å²) in [5, 5.41) is 0. The molecule has 0 fully saturated rings. The molecule has 0 aromatic carbocycles. The van der Waals surface area contributed by atoms with Gasteiger partial charge in [-0.25, -0.2) is 0 Å². The van der Waals surface area contributed by atoms with E-state index in [1.807, 2.05) is 30.6 Å². The summed E-state index contributed by atoms with van der Waals surface area (Å²) in [5.74, 6) is 0. The molecule has 16 heavy (non-hydrogen) atoms. The zero-order chi connectivity index (χ0) is 11.2. The second-order valence-electron chi connectivity index (χ2n) is 3.78. The van der Waals surface area contributed by atoms with Gasteiger partial charge in [-0.05, 0) is 43.0 Å². The van der Waals surface area contributed by atoms with Crippen LogP contribution in [0.4, 0.5) is 0 Å². The van der Waals surface area contributed by atoms with Crippen molar-refractivity contribution in [2.45, 2.75) is 26.2 Å². The summed E-state index contributed by atoms with van der Waals surface area (Å²) in [6.45, 7) is 2.15. The number of hydrogen-bond acceptors (Lipinski definition) is 2. The van der Waals surface area contributed by atoms with Crippen molar-refractivity contribution >= 4 is 0 Å². The molecule has 0 saturated carbocycles. The van der Waals surface area contributed by atoms with E-state index in [9.17, 15) is 0 Å². The molecule has 0 spiro atoms. The van der Waals surface area contributed by atoms with Gasteiger partial charge in [-0.3, -0.25) is 9.97 Å². The zero-order valence-corrected chi connectivity index (χ0v) is 9.56. The van der Waals surface area contributed by atoms with Crippen LogP contribution in [0, 0.1) is 0 Å². The van der Waals surface area contributed by atoms with E-state index in [4.69, 9.17) is 0 Å². The molecule has 0 aliphatic heterocycles. The van der Waals surface area contributed by atoms with Crippen molar-refractivity contribution in [3.05, 3.63) is 59.7 Å². The maximum Gasteiger partial charge on any atom is 0.0432 e.